The van der Waals surface area contributed by atoms with Gasteiger partial charge in [-0.2, -0.15) is 4.98 Å². The van der Waals surface area contributed by atoms with Gasteiger partial charge >= 0.3 is 11.1 Å². The summed E-state index contributed by atoms with van der Waals surface area (Å²) >= 11 is 0. The number of carbonyl (C=O) groups excluding carboxylic acids is 1. The summed E-state index contributed by atoms with van der Waals surface area (Å²) in [4.78, 5) is 44.9. The Morgan fingerprint density at radius 1 is 1.10 bits per heavy atom. The molecule has 1 fully saturated rings. The Kier molecular flexibility index (Phi) is 4.32. The minimum Gasteiger partial charge on any atom is -0.339 e. The van der Waals surface area contributed by atoms with Crippen LogP contribution >= 0.6 is 0 Å². The number of fused-ring (bicyclic) bond motifs is 1. The number of hydrogen-bond donors (Lipinski definition) is 1. The summed E-state index contributed by atoms with van der Waals surface area (Å²) in [5, 5.41) is 4.06. The average Bonchev–Trinajstić information content (AvgIpc) is 3.39. The van der Waals surface area contributed by atoms with Crippen molar-refractivity contribution in [2.24, 2.45) is 7.05 Å². The van der Waals surface area contributed by atoms with E-state index in [1.54, 1.807) is 30.1 Å². The standard InChI is InChI=1S/C22H19N5O4/c1-12-3-6-15(7-4-12)27-11-14(10-18(27)28)21-24-19(25-31-21)13-5-8-17-16(9-13)23-20(29)22(30)26(17)2/h3-9,14H,10-11H2,1-2H3,(H,23,29). The summed E-state index contributed by atoms with van der Waals surface area (Å²) in [6, 6.07) is 13.0. The third-order valence-electron chi connectivity index (χ3n) is 5.62. The highest BCUT2D eigenvalue weighted by Gasteiger charge is 2.35. The number of rotatable bonds is 3. The smallest absolute Gasteiger partial charge is 0.316 e. The highest BCUT2D eigenvalue weighted by atomic mass is 16.5. The van der Waals surface area contributed by atoms with E-state index in [2.05, 4.69) is 15.1 Å². The fourth-order valence-corrected chi connectivity index (χ4v) is 3.87. The molecule has 3 heterocycles. The van der Waals surface area contributed by atoms with E-state index >= 15 is 0 Å². The average molecular weight is 417 g/mol. The van der Waals surface area contributed by atoms with Gasteiger partial charge in [-0.3, -0.25) is 14.4 Å². The molecule has 0 aliphatic carbocycles. The number of aryl methyl sites for hydroxylation is 2. The molecule has 0 bridgehead atoms. The van der Waals surface area contributed by atoms with E-state index in [1.807, 2.05) is 31.2 Å². The summed E-state index contributed by atoms with van der Waals surface area (Å²) in [5.74, 6) is 0.564. The lowest BCUT2D eigenvalue weighted by Crippen LogP contribution is -2.34. The molecule has 1 aliphatic rings. The maximum Gasteiger partial charge on any atom is 0.316 e. The fraction of sp³-hybridized carbons (Fsp3) is 0.227. The maximum absolute atomic E-state index is 12.5. The van der Waals surface area contributed by atoms with Gasteiger partial charge < -0.3 is 19.0 Å². The van der Waals surface area contributed by atoms with Crippen LogP contribution in [0.5, 0.6) is 0 Å². The molecule has 31 heavy (non-hydrogen) atoms. The number of aromatic nitrogens is 4. The number of nitrogens with one attached hydrogen (secondary N) is 1. The highest BCUT2D eigenvalue weighted by Crippen LogP contribution is 2.32. The summed E-state index contributed by atoms with van der Waals surface area (Å²) in [5.41, 5.74) is 2.39. The number of H-pyrrole nitrogens is 1. The van der Waals surface area contributed by atoms with E-state index in [1.165, 1.54) is 4.57 Å². The maximum atomic E-state index is 12.5. The number of carbonyl (C=O) groups is 1. The lowest BCUT2D eigenvalue weighted by Gasteiger charge is -2.16. The molecular formula is C22H19N5O4. The lowest BCUT2D eigenvalue weighted by atomic mass is 10.1. The van der Waals surface area contributed by atoms with Crippen molar-refractivity contribution in [3.63, 3.8) is 0 Å². The first-order valence-electron chi connectivity index (χ1n) is 9.85. The molecule has 4 aromatic rings. The second-order valence-corrected chi connectivity index (χ2v) is 7.75. The zero-order valence-corrected chi connectivity index (χ0v) is 17.0. The van der Waals surface area contributed by atoms with Gasteiger partial charge in [-0.25, -0.2) is 0 Å². The van der Waals surface area contributed by atoms with E-state index < -0.39 is 11.1 Å². The van der Waals surface area contributed by atoms with Crippen molar-refractivity contribution in [2.45, 2.75) is 19.3 Å². The molecule has 1 saturated heterocycles. The summed E-state index contributed by atoms with van der Waals surface area (Å²) in [6.45, 7) is 2.47. The number of amides is 1. The quantitative estimate of drug-likeness (QED) is 0.511. The topological polar surface area (TPSA) is 114 Å². The molecule has 1 aliphatic heterocycles. The molecule has 2 aromatic carbocycles. The Bertz CT molecular complexity index is 1430. The zero-order valence-electron chi connectivity index (χ0n) is 17.0. The van der Waals surface area contributed by atoms with Crippen LogP contribution in [0.3, 0.4) is 0 Å². The Morgan fingerprint density at radius 2 is 1.87 bits per heavy atom. The second-order valence-electron chi connectivity index (χ2n) is 7.75. The molecule has 9 nitrogen and oxygen atoms in total. The first-order chi connectivity index (χ1) is 14.9. The Morgan fingerprint density at radius 3 is 2.65 bits per heavy atom. The van der Waals surface area contributed by atoms with Crippen molar-refractivity contribution in [3.8, 4) is 11.4 Å². The predicted octanol–water partition coefficient (Wildman–Crippen LogP) is 2.11. The van der Waals surface area contributed by atoms with Gasteiger partial charge in [0.25, 0.3) is 0 Å². The van der Waals surface area contributed by atoms with Gasteiger partial charge in [-0.15, -0.1) is 0 Å². The van der Waals surface area contributed by atoms with E-state index in [-0.39, 0.29) is 11.8 Å². The normalized spacial score (nSPS) is 16.4. The molecule has 9 heteroatoms. The summed E-state index contributed by atoms with van der Waals surface area (Å²) < 4.78 is 6.76. The highest BCUT2D eigenvalue weighted by molar-refractivity contribution is 5.96. The van der Waals surface area contributed by atoms with Crippen LogP contribution in [0.25, 0.3) is 22.4 Å². The molecule has 1 N–H and O–H groups in total. The van der Waals surface area contributed by atoms with Crippen LogP contribution in [0.2, 0.25) is 0 Å². The van der Waals surface area contributed by atoms with Crippen LogP contribution in [0.4, 0.5) is 5.69 Å². The van der Waals surface area contributed by atoms with Crippen molar-refractivity contribution >= 4 is 22.6 Å². The van der Waals surface area contributed by atoms with Crippen LogP contribution in [0.1, 0.15) is 23.8 Å². The zero-order chi connectivity index (χ0) is 21.7. The lowest BCUT2D eigenvalue weighted by molar-refractivity contribution is -0.117. The number of hydrogen-bond acceptors (Lipinski definition) is 6. The largest absolute Gasteiger partial charge is 0.339 e. The molecule has 1 atom stereocenters. The Labute approximate surface area is 175 Å². The van der Waals surface area contributed by atoms with Crippen LogP contribution in [0.15, 0.2) is 56.6 Å². The van der Waals surface area contributed by atoms with Crippen LogP contribution < -0.4 is 16.0 Å². The van der Waals surface area contributed by atoms with Crippen LogP contribution in [-0.2, 0) is 11.8 Å². The third-order valence-corrected chi connectivity index (χ3v) is 5.62. The fourth-order valence-electron chi connectivity index (χ4n) is 3.87. The number of benzene rings is 2. The van der Waals surface area contributed by atoms with Crippen molar-refractivity contribution in [2.75, 3.05) is 11.4 Å². The van der Waals surface area contributed by atoms with Gasteiger partial charge in [-0.05, 0) is 37.3 Å². The molecule has 5 rings (SSSR count). The van der Waals surface area contributed by atoms with Gasteiger partial charge in [0.2, 0.25) is 17.6 Å². The predicted molar refractivity (Wildman–Crippen MR) is 114 cm³/mol. The third kappa shape index (κ3) is 3.24. The molecule has 0 spiro atoms. The van der Waals surface area contributed by atoms with Gasteiger partial charge in [-0.1, -0.05) is 22.9 Å². The van der Waals surface area contributed by atoms with Gasteiger partial charge in [0.15, 0.2) is 0 Å². The number of nitrogens with zero attached hydrogens (tertiary/aromatic N) is 4. The first-order valence-corrected chi connectivity index (χ1v) is 9.85. The Balaban J connectivity index is 1.43. The molecule has 2 aromatic heterocycles. The van der Waals surface area contributed by atoms with Gasteiger partial charge in [0.1, 0.15) is 0 Å². The molecular weight excluding hydrogens is 398 g/mol. The molecule has 1 unspecified atom stereocenters. The summed E-state index contributed by atoms with van der Waals surface area (Å²) in [7, 11) is 1.54. The molecule has 1 amide bonds. The monoisotopic (exact) mass is 417 g/mol. The SMILES string of the molecule is Cc1ccc(N2CC(c3nc(-c4ccc5c(c4)[nH]c(=O)c(=O)n5C)no3)CC2=O)cc1. The van der Waals surface area contributed by atoms with Crippen molar-refractivity contribution in [1.29, 1.82) is 0 Å². The van der Waals surface area contributed by atoms with Crippen molar-refractivity contribution in [1.82, 2.24) is 19.7 Å². The van der Waals surface area contributed by atoms with E-state index in [9.17, 15) is 14.4 Å². The van der Waals surface area contributed by atoms with Gasteiger partial charge in [0, 0.05) is 31.3 Å². The van der Waals surface area contributed by atoms with Crippen LogP contribution in [0, 0.1) is 6.92 Å². The van der Waals surface area contributed by atoms with E-state index in [0.29, 0.717) is 41.3 Å². The van der Waals surface area contributed by atoms with E-state index in [4.69, 9.17) is 4.52 Å². The molecule has 0 saturated carbocycles. The molecule has 156 valence electrons. The number of aromatic amines is 1. The number of anilines is 1. The first kappa shape index (κ1) is 19.0. The second kappa shape index (κ2) is 7.05. The van der Waals surface area contributed by atoms with E-state index in [0.717, 1.165) is 11.3 Å². The van der Waals surface area contributed by atoms with Crippen molar-refractivity contribution < 1.29 is 9.32 Å². The minimum atomic E-state index is -0.693. The Hall–Kier alpha value is -4.01. The molecule has 0 radical (unpaired) electrons. The summed E-state index contributed by atoms with van der Waals surface area (Å²) in [6.07, 6.45) is 0.294. The minimum absolute atomic E-state index is 0.0119. The van der Waals surface area contributed by atoms with Crippen molar-refractivity contribution in [3.05, 3.63) is 74.6 Å². The van der Waals surface area contributed by atoms with Crippen LogP contribution in [-0.4, -0.2) is 32.1 Å². The van der Waals surface area contributed by atoms with Gasteiger partial charge in [0.05, 0.1) is 17.0 Å².